The summed E-state index contributed by atoms with van der Waals surface area (Å²) in [5.41, 5.74) is 13.2. The van der Waals surface area contributed by atoms with Gasteiger partial charge in [-0.15, -0.1) is 0 Å². The van der Waals surface area contributed by atoms with Crippen molar-refractivity contribution in [1.82, 2.24) is 4.98 Å². The van der Waals surface area contributed by atoms with Crippen molar-refractivity contribution >= 4 is 44.0 Å². The number of fused-ring (bicyclic) bond motifs is 5. The van der Waals surface area contributed by atoms with Crippen LogP contribution in [0.5, 0.6) is 11.5 Å². The van der Waals surface area contributed by atoms with Crippen molar-refractivity contribution in [3.63, 3.8) is 0 Å². The second-order valence-electron chi connectivity index (χ2n) is 13.4. The number of ether oxygens (including phenoxy) is 1. The predicted octanol–water partition coefficient (Wildman–Crippen LogP) is 11.7. The molecule has 218 valence electrons. The molecule has 2 heteroatoms. The van der Waals surface area contributed by atoms with E-state index < -0.39 is 0 Å². The van der Waals surface area contributed by atoms with Gasteiger partial charge in [-0.2, -0.15) is 0 Å². The molecule has 0 unspecified atom stereocenters. The molecule has 0 radical (unpaired) electrons. The third kappa shape index (κ3) is 3.44. The van der Waals surface area contributed by atoms with Gasteiger partial charge in [0.25, 0.3) is 0 Å². The van der Waals surface area contributed by atoms with E-state index in [-0.39, 0.29) is 5.41 Å². The number of allylic oxidation sites excluding steroid dienone is 3. The Morgan fingerprint density at radius 1 is 0.652 bits per heavy atom. The Morgan fingerprint density at radius 2 is 1.46 bits per heavy atom. The number of nitrogens with zero attached hydrogens (tertiary/aromatic N) is 1. The number of hydrogen-bond acceptors (Lipinski definition) is 2. The molecule has 6 aromatic carbocycles. The van der Waals surface area contributed by atoms with Gasteiger partial charge in [-0.1, -0.05) is 111 Å². The summed E-state index contributed by atoms with van der Waals surface area (Å²) in [6.07, 6.45) is 12.9. The summed E-state index contributed by atoms with van der Waals surface area (Å²) in [6, 6.07) is 35.5. The third-order valence-corrected chi connectivity index (χ3v) is 10.6. The summed E-state index contributed by atoms with van der Waals surface area (Å²) >= 11 is 0. The van der Waals surface area contributed by atoms with Crippen molar-refractivity contribution in [2.75, 3.05) is 0 Å². The van der Waals surface area contributed by atoms with Crippen LogP contribution in [0.2, 0.25) is 0 Å². The molecule has 2 nitrogen and oxygen atoms in total. The minimum atomic E-state index is -0.0942. The summed E-state index contributed by atoms with van der Waals surface area (Å²) in [5, 5.41) is 7.15. The summed E-state index contributed by atoms with van der Waals surface area (Å²) in [4.78, 5) is 4.66. The van der Waals surface area contributed by atoms with Crippen LogP contribution in [0.25, 0.3) is 66.2 Å². The highest BCUT2D eigenvalue weighted by Gasteiger charge is 2.35. The zero-order valence-corrected chi connectivity index (χ0v) is 25.9. The van der Waals surface area contributed by atoms with Crippen molar-refractivity contribution in [3.05, 3.63) is 149 Å². The number of pyridine rings is 1. The Labute approximate surface area is 268 Å². The van der Waals surface area contributed by atoms with Crippen LogP contribution in [0.1, 0.15) is 48.1 Å². The van der Waals surface area contributed by atoms with E-state index in [1.54, 1.807) is 0 Å². The average Bonchev–Trinajstić information content (AvgIpc) is 3.33. The molecule has 46 heavy (non-hydrogen) atoms. The van der Waals surface area contributed by atoms with Crippen LogP contribution < -0.4 is 4.74 Å². The zero-order valence-electron chi connectivity index (χ0n) is 25.9. The first-order valence-electron chi connectivity index (χ1n) is 16.2. The molecular weight excluding hydrogens is 558 g/mol. The first-order valence-corrected chi connectivity index (χ1v) is 16.2. The predicted molar refractivity (Wildman–Crippen MR) is 192 cm³/mol. The Hall–Kier alpha value is -5.47. The van der Waals surface area contributed by atoms with Crippen molar-refractivity contribution in [3.8, 4) is 33.8 Å². The zero-order chi connectivity index (χ0) is 30.6. The quantitative estimate of drug-likeness (QED) is 0.191. The lowest BCUT2D eigenvalue weighted by atomic mass is 9.79. The van der Waals surface area contributed by atoms with Gasteiger partial charge in [-0.3, -0.25) is 4.98 Å². The number of aromatic nitrogens is 1. The van der Waals surface area contributed by atoms with E-state index in [1.807, 2.05) is 12.4 Å². The number of benzene rings is 6. The van der Waals surface area contributed by atoms with Crippen LogP contribution in [-0.4, -0.2) is 4.98 Å². The molecule has 3 aliphatic rings. The minimum absolute atomic E-state index is 0.0942. The molecule has 3 aliphatic carbocycles. The normalized spacial score (nSPS) is 15.2. The van der Waals surface area contributed by atoms with Crippen LogP contribution in [0.3, 0.4) is 0 Å². The highest BCUT2D eigenvalue weighted by atomic mass is 16.5. The molecule has 1 heterocycles. The standard InChI is InChI=1S/C44H31NO/c1-44(2)38-13-6-5-10-30(38)31-21-18-29(24-39(31)44)46-43-35-12-4-3-11-32(35)42(37-25-45-23-22-36(37)43)34-20-17-28-15-14-26-8-7-9-27-16-19-33(34)41(28)40(26)27/h3-7,9-14,16-25H,8,15H2,1-2H3. The van der Waals surface area contributed by atoms with E-state index in [1.165, 1.54) is 71.8 Å². The summed E-state index contributed by atoms with van der Waals surface area (Å²) in [7, 11) is 0. The van der Waals surface area contributed by atoms with E-state index in [9.17, 15) is 0 Å². The van der Waals surface area contributed by atoms with Gasteiger partial charge in [0.1, 0.15) is 11.5 Å². The lowest BCUT2D eigenvalue weighted by Crippen LogP contribution is -2.14. The van der Waals surface area contributed by atoms with Gasteiger partial charge in [0, 0.05) is 34.0 Å². The Bertz CT molecular complexity index is 2470. The molecule has 0 amide bonds. The van der Waals surface area contributed by atoms with Crippen molar-refractivity contribution in [2.45, 2.75) is 32.1 Å². The maximum absolute atomic E-state index is 6.97. The minimum Gasteiger partial charge on any atom is -0.456 e. The Kier molecular flexibility index (Phi) is 5.21. The second-order valence-corrected chi connectivity index (χ2v) is 13.4. The Morgan fingerprint density at radius 3 is 2.39 bits per heavy atom. The average molecular weight is 590 g/mol. The first-order chi connectivity index (χ1) is 22.6. The monoisotopic (exact) mass is 589 g/mol. The molecule has 0 saturated heterocycles. The van der Waals surface area contributed by atoms with E-state index >= 15 is 0 Å². The topological polar surface area (TPSA) is 22.1 Å². The van der Waals surface area contributed by atoms with Gasteiger partial charge in [-0.25, -0.2) is 0 Å². The SMILES string of the molecule is CC1(C)c2ccccc2-c2ccc(Oc3c4ccccc4c(-c4ccc5c6c7c(ccc46)C=CCC7=CC5)c4cnccc34)cc21. The molecule has 0 bridgehead atoms. The highest BCUT2D eigenvalue weighted by molar-refractivity contribution is 6.21. The highest BCUT2D eigenvalue weighted by Crippen LogP contribution is 2.52. The molecule has 0 aliphatic heterocycles. The fourth-order valence-electron chi connectivity index (χ4n) is 8.49. The fourth-order valence-corrected chi connectivity index (χ4v) is 8.49. The van der Waals surface area contributed by atoms with Crippen molar-refractivity contribution in [1.29, 1.82) is 0 Å². The van der Waals surface area contributed by atoms with Gasteiger partial charge < -0.3 is 4.74 Å². The van der Waals surface area contributed by atoms with Crippen LogP contribution in [-0.2, 0) is 11.8 Å². The van der Waals surface area contributed by atoms with E-state index in [0.29, 0.717) is 0 Å². The maximum atomic E-state index is 6.97. The van der Waals surface area contributed by atoms with E-state index in [2.05, 4.69) is 134 Å². The molecule has 0 N–H and O–H groups in total. The lowest BCUT2D eigenvalue weighted by Gasteiger charge is -2.25. The van der Waals surface area contributed by atoms with Crippen molar-refractivity contribution in [2.24, 2.45) is 0 Å². The number of hydrogen-bond donors (Lipinski definition) is 0. The van der Waals surface area contributed by atoms with Gasteiger partial charge in [0.05, 0.1) is 0 Å². The van der Waals surface area contributed by atoms with Crippen LogP contribution in [0, 0.1) is 0 Å². The Balaban J connectivity index is 1.20. The molecule has 0 atom stereocenters. The van der Waals surface area contributed by atoms with Gasteiger partial charge >= 0.3 is 0 Å². The van der Waals surface area contributed by atoms with Crippen LogP contribution >= 0.6 is 0 Å². The van der Waals surface area contributed by atoms with E-state index in [0.717, 1.165) is 40.5 Å². The van der Waals surface area contributed by atoms with Crippen LogP contribution in [0.4, 0.5) is 0 Å². The third-order valence-electron chi connectivity index (χ3n) is 10.6. The summed E-state index contributed by atoms with van der Waals surface area (Å²) in [5.74, 6) is 1.73. The van der Waals surface area contributed by atoms with Crippen LogP contribution in [0.15, 0.2) is 122 Å². The molecule has 0 spiro atoms. The smallest absolute Gasteiger partial charge is 0.143 e. The molecule has 0 saturated carbocycles. The largest absolute Gasteiger partial charge is 0.456 e. The van der Waals surface area contributed by atoms with Gasteiger partial charge in [-0.05, 0) is 103 Å². The first kappa shape index (κ1) is 25.8. The second kappa shape index (κ2) is 9.28. The van der Waals surface area contributed by atoms with Gasteiger partial charge in [0.15, 0.2) is 0 Å². The number of rotatable bonds is 3. The fraction of sp³-hybridized carbons (Fsp3) is 0.114. The van der Waals surface area contributed by atoms with Gasteiger partial charge in [0.2, 0.25) is 0 Å². The molecule has 1 aromatic heterocycles. The lowest BCUT2D eigenvalue weighted by molar-refractivity contribution is 0.491. The molecule has 7 aromatic rings. The van der Waals surface area contributed by atoms with Crippen molar-refractivity contribution < 1.29 is 4.74 Å². The summed E-state index contributed by atoms with van der Waals surface area (Å²) < 4.78 is 6.97. The molecule has 0 fully saturated rings. The summed E-state index contributed by atoms with van der Waals surface area (Å²) in [6.45, 7) is 4.63. The maximum Gasteiger partial charge on any atom is 0.143 e. The van der Waals surface area contributed by atoms with E-state index in [4.69, 9.17) is 4.74 Å². The molecular formula is C44H31NO. The molecule has 10 rings (SSSR count).